The molecule has 1 N–H and O–H groups in total. The Balaban J connectivity index is 1.72. The van der Waals surface area contributed by atoms with Gasteiger partial charge in [0.05, 0.1) is 23.1 Å². The first-order valence-electron chi connectivity index (χ1n) is 9.93. The minimum Gasteiger partial charge on any atom is -0.383 e. The zero-order chi connectivity index (χ0) is 22.5. The third-order valence-electron chi connectivity index (χ3n) is 4.83. The highest BCUT2D eigenvalue weighted by Crippen LogP contribution is 2.24. The number of thiophene rings is 1. The number of hydrogen-bond donors (Lipinski definition) is 1. The number of carbonyl (C=O) groups excluding carboxylic acids is 1. The van der Waals surface area contributed by atoms with Crippen molar-refractivity contribution in [2.45, 2.75) is 13.1 Å². The maximum Gasteiger partial charge on any atom is 0.280 e. The molecule has 0 saturated heterocycles. The maximum atomic E-state index is 13.2. The molecule has 7 nitrogen and oxygen atoms in total. The molecule has 0 amide bonds. The molecule has 4 rings (SSSR count). The van der Waals surface area contributed by atoms with Gasteiger partial charge in [0.15, 0.2) is 0 Å². The molecule has 0 radical (unpaired) electrons. The third kappa shape index (κ3) is 4.83. The van der Waals surface area contributed by atoms with E-state index in [0.717, 1.165) is 4.88 Å². The molecule has 0 bridgehead atoms. The summed E-state index contributed by atoms with van der Waals surface area (Å²) in [5.74, 6) is 0.198. The van der Waals surface area contributed by atoms with E-state index < -0.39 is 0 Å². The van der Waals surface area contributed by atoms with Gasteiger partial charge in [0.25, 0.3) is 11.5 Å². The van der Waals surface area contributed by atoms with Crippen LogP contribution in [0.4, 0.5) is 5.82 Å². The molecule has 0 aliphatic carbocycles. The Kier molecular flexibility index (Phi) is 6.84. The Morgan fingerprint density at radius 1 is 1.16 bits per heavy atom. The number of nitrogens with zero attached hydrogens (tertiary/aromatic N) is 3. The van der Waals surface area contributed by atoms with Crippen molar-refractivity contribution in [3.05, 3.63) is 92.0 Å². The fourth-order valence-corrected chi connectivity index (χ4v) is 4.25. The van der Waals surface area contributed by atoms with E-state index in [1.807, 2.05) is 18.2 Å². The predicted molar refractivity (Wildman–Crippen MR) is 127 cm³/mol. The molecule has 0 spiro atoms. The number of anilines is 1. The molecule has 3 aromatic heterocycles. The summed E-state index contributed by atoms with van der Waals surface area (Å²) in [5, 5.41) is 7.75. The van der Waals surface area contributed by atoms with Crippen molar-refractivity contribution in [1.82, 2.24) is 14.3 Å². The average molecular weight is 469 g/mol. The van der Waals surface area contributed by atoms with Crippen molar-refractivity contribution in [2.75, 3.05) is 19.0 Å². The van der Waals surface area contributed by atoms with Crippen LogP contribution in [-0.4, -0.2) is 34.0 Å². The molecule has 0 aliphatic heterocycles. The Morgan fingerprint density at radius 2 is 1.97 bits per heavy atom. The number of hydrogen-bond acceptors (Lipinski definition) is 6. The van der Waals surface area contributed by atoms with Crippen LogP contribution in [-0.2, 0) is 17.8 Å². The molecule has 164 valence electrons. The van der Waals surface area contributed by atoms with Gasteiger partial charge in [0.1, 0.15) is 11.5 Å². The van der Waals surface area contributed by atoms with E-state index in [9.17, 15) is 9.59 Å². The second kappa shape index (κ2) is 9.95. The highest BCUT2D eigenvalue weighted by Gasteiger charge is 2.19. The van der Waals surface area contributed by atoms with Crippen LogP contribution in [0.25, 0.3) is 11.3 Å². The number of benzene rings is 1. The third-order valence-corrected chi connectivity index (χ3v) is 6.06. The van der Waals surface area contributed by atoms with Crippen molar-refractivity contribution in [2.24, 2.45) is 0 Å². The van der Waals surface area contributed by atoms with Crippen LogP contribution in [0.15, 0.2) is 71.7 Å². The second-order valence-corrected chi connectivity index (χ2v) is 8.77. The minimum absolute atomic E-state index is 0.196. The lowest BCUT2D eigenvalue weighted by atomic mass is 10.2. The topological polar surface area (TPSA) is 78.2 Å². The fraction of sp³-hybridized carbons (Fsp3) is 0.174. The van der Waals surface area contributed by atoms with Crippen LogP contribution in [0.1, 0.15) is 15.2 Å². The van der Waals surface area contributed by atoms with Gasteiger partial charge >= 0.3 is 0 Å². The first-order chi connectivity index (χ1) is 15.6. The summed E-state index contributed by atoms with van der Waals surface area (Å²) in [6.07, 6.45) is 1.71. The van der Waals surface area contributed by atoms with Crippen molar-refractivity contribution in [3.63, 3.8) is 0 Å². The van der Waals surface area contributed by atoms with E-state index >= 15 is 0 Å². The minimum atomic E-state index is -0.292. The van der Waals surface area contributed by atoms with Crippen molar-refractivity contribution >= 4 is 34.7 Å². The van der Waals surface area contributed by atoms with E-state index in [2.05, 4.69) is 10.4 Å². The molecular formula is C23H21ClN4O3S. The summed E-state index contributed by atoms with van der Waals surface area (Å²) in [7, 11) is 1.59. The van der Waals surface area contributed by atoms with E-state index in [4.69, 9.17) is 16.3 Å². The summed E-state index contributed by atoms with van der Waals surface area (Å²) < 4.78 is 8.64. The van der Waals surface area contributed by atoms with Gasteiger partial charge in [-0.2, -0.15) is 9.78 Å². The zero-order valence-corrected chi connectivity index (χ0v) is 18.9. The Labute approximate surface area is 193 Å². The average Bonchev–Trinajstić information content (AvgIpc) is 3.43. The van der Waals surface area contributed by atoms with Crippen LogP contribution in [0.3, 0.4) is 0 Å². The van der Waals surface area contributed by atoms with Gasteiger partial charge < -0.3 is 14.6 Å². The highest BCUT2D eigenvalue weighted by atomic mass is 35.5. The number of pyridine rings is 1. The Bertz CT molecular complexity index is 1280. The van der Waals surface area contributed by atoms with Crippen molar-refractivity contribution in [3.8, 4) is 11.3 Å². The van der Waals surface area contributed by atoms with Crippen LogP contribution < -0.4 is 10.9 Å². The quantitative estimate of drug-likeness (QED) is 0.415. The van der Waals surface area contributed by atoms with Crippen LogP contribution in [0.5, 0.6) is 0 Å². The summed E-state index contributed by atoms with van der Waals surface area (Å²) >= 11 is 7.49. The lowest BCUT2D eigenvalue weighted by Crippen LogP contribution is -2.23. The van der Waals surface area contributed by atoms with Gasteiger partial charge in [-0.25, -0.2) is 0 Å². The molecule has 3 heterocycles. The molecule has 4 aromatic rings. The van der Waals surface area contributed by atoms with Gasteiger partial charge in [-0.05, 0) is 36.4 Å². The van der Waals surface area contributed by atoms with Crippen molar-refractivity contribution < 1.29 is 9.53 Å². The first kappa shape index (κ1) is 22.0. The van der Waals surface area contributed by atoms with E-state index in [1.54, 1.807) is 60.3 Å². The summed E-state index contributed by atoms with van der Waals surface area (Å²) in [4.78, 5) is 27.1. The van der Waals surface area contributed by atoms with Crippen LogP contribution >= 0.6 is 22.9 Å². The van der Waals surface area contributed by atoms with Gasteiger partial charge in [-0.1, -0.05) is 29.8 Å². The molecular weight excluding hydrogens is 448 g/mol. The zero-order valence-electron chi connectivity index (χ0n) is 17.3. The standard InChI is InChI=1S/C23H21ClN4O3S/c1-31-13-12-27-11-5-8-18(23(27)30)19-14-21(25-15-17-9-10-20(24)32-17)28(26-19)22(29)16-6-3-2-4-7-16/h2-11,14,25H,12-13,15H2,1H3. The van der Waals surface area contributed by atoms with Gasteiger partial charge in [0, 0.05) is 36.4 Å². The number of carbonyl (C=O) groups is 1. The van der Waals surface area contributed by atoms with Gasteiger partial charge in [0.2, 0.25) is 0 Å². The van der Waals surface area contributed by atoms with Gasteiger partial charge in [-0.3, -0.25) is 9.59 Å². The number of nitrogens with one attached hydrogen (secondary N) is 1. The summed E-state index contributed by atoms with van der Waals surface area (Å²) in [5.41, 5.74) is 1.12. The lowest BCUT2D eigenvalue weighted by Gasteiger charge is -2.08. The predicted octanol–water partition coefficient (Wildman–Crippen LogP) is 4.37. The number of aromatic nitrogens is 3. The van der Waals surface area contributed by atoms with E-state index in [1.165, 1.54) is 16.0 Å². The number of rotatable bonds is 8. The lowest BCUT2D eigenvalue weighted by molar-refractivity contribution is 0.0948. The SMILES string of the molecule is COCCn1cccc(-c2cc(NCc3ccc(Cl)s3)n(C(=O)c3ccccc3)n2)c1=O. The molecule has 0 saturated carbocycles. The molecule has 9 heteroatoms. The second-order valence-electron chi connectivity index (χ2n) is 6.97. The Morgan fingerprint density at radius 3 is 2.69 bits per heavy atom. The van der Waals surface area contributed by atoms with E-state index in [0.29, 0.717) is 46.7 Å². The molecule has 0 fully saturated rings. The molecule has 0 unspecified atom stereocenters. The van der Waals surface area contributed by atoms with E-state index in [-0.39, 0.29) is 11.5 Å². The van der Waals surface area contributed by atoms with Crippen LogP contribution in [0.2, 0.25) is 4.34 Å². The normalized spacial score (nSPS) is 10.9. The Hall–Kier alpha value is -3.20. The number of halogens is 1. The molecule has 0 aliphatic rings. The summed E-state index contributed by atoms with van der Waals surface area (Å²) in [6, 6.07) is 17.8. The maximum absolute atomic E-state index is 13.2. The number of methoxy groups -OCH3 is 1. The van der Waals surface area contributed by atoms with Gasteiger partial charge in [-0.15, -0.1) is 11.3 Å². The smallest absolute Gasteiger partial charge is 0.280 e. The molecule has 32 heavy (non-hydrogen) atoms. The largest absolute Gasteiger partial charge is 0.383 e. The van der Waals surface area contributed by atoms with Crippen LogP contribution in [0, 0.1) is 0 Å². The molecule has 0 atom stereocenters. The molecule has 1 aromatic carbocycles. The first-order valence-corrected chi connectivity index (χ1v) is 11.1. The fourth-order valence-electron chi connectivity index (χ4n) is 3.22. The summed E-state index contributed by atoms with van der Waals surface area (Å²) in [6.45, 7) is 1.31. The van der Waals surface area contributed by atoms with Crippen molar-refractivity contribution in [1.29, 1.82) is 0 Å². The highest BCUT2D eigenvalue weighted by molar-refractivity contribution is 7.16. The monoisotopic (exact) mass is 468 g/mol. The number of ether oxygens (including phenoxy) is 1.